The highest BCUT2D eigenvalue weighted by molar-refractivity contribution is 6.30. The van der Waals surface area contributed by atoms with Gasteiger partial charge in [0.15, 0.2) is 13.7 Å². The van der Waals surface area contributed by atoms with Gasteiger partial charge in [0.1, 0.15) is 11.6 Å². The molecule has 1 aliphatic carbocycles. The summed E-state index contributed by atoms with van der Waals surface area (Å²) >= 11 is 0. The predicted octanol–water partition coefficient (Wildman–Crippen LogP) is 4.78. The van der Waals surface area contributed by atoms with Crippen molar-refractivity contribution < 1.29 is 8.78 Å². The molecule has 0 unspecified atom stereocenters. The van der Waals surface area contributed by atoms with Gasteiger partial charge >= 0.3 is 0 Å². The van der Waals surface area contributed by atoms with E-state index in [2.05, 4.69) is 60.9 Å². The zero-order valence-electron chi connectivity index (χ0n) is 18.6. The van der Waals surface area contributed by atoms with Crippen molar-refractivity contribution in [2.45, 2.75) is 40.0 Å². The van der Waals surface area contributed by atoms with Gasteiger partial charge in [-0.3, -0.25) is 4.98 Å². The Kier molecular flexibility index (Phi) is 6.89. The first-order chi connectivity index (χ1) is 14.6. The molecule has 160 valence electrons. The van der Waals surface area contributed by atoms with Crippen molar-refractivity contribution >= 4 is 19.3 Å². The van der Waals surface area contributed by atoms with E-state index in [4.69, 9.17) is 0 Å². The molecule has 3 rings (SSSR count). The molecule has 0 fully saturated rings. The van der Waals surface area contributed by atoms with Crippen molar-refractivity contribution in [3.8, 4) is 0 Å². The molecule has 1 aromatic heterocycles. The average Bonchev–Trinajstić information content (AvgIpc) is 3.18. The minimum atomic E-state index is -0.593. The maximum Gasteiger partial charge on any atom is 0.166 e. The van der Waals surface area contributed by atoms with Crippen LogP contribution < -0.4 is 10.9 Å². The Morgan fingerprint density at radius 2 is 1.97 bits per heavy atom. The van der Waals surface area contributed by atoms with E-state index in [-0.39, 0.29) is 17.4 Å². The number of anilines is 1. The first kappa shape index (κ1) is 22.7. The van der Waals surface area contributed by atoms with Gasteiger partial charge in [-0.25, -0.2) is 13.8 Å². The molecular formula is C25H28BF2N3. The van der Waals surface area contributed by atoms with Gasteiger partial charge in [-0.1, -0.05) is 51.6 Å². The van der Waals surface area contributed by atoms with Crippen LogP contribution in [0.25, 0.3) is 0 Å². The SMILES string of the molecule is Bc1cnc(N/C(=C\C2=CC=CC2)C(=C)CC(C)(C)C)c(Cc2c(F)cccc2F)n1. The smallest absolute Gasteiger partial charge is 0.166 e. The summed E-state index contributed by atoms with van der Waals surface area (Å²) in [5.74, 6) is -0.713. The molecule has 0 radical (unpaired) electrons. The minimum Gasteiger partial charge on any atom is -0.338 e. The standard InChI is InChI=1S/C25H28BF2N3/c1-16(14-25(2,3)4)21(12-17-8-5-6-9-17)31-24-22(30-23(26)15-29-24)13-18-19(27)10-7-11-20(18)28/h5-8,10-12,15H,1,9,13-14,26H2,2-4H3,(H,29,31)/b21-12-. The van der Waals surface area contributed by atoms with E-state index in [1.54, 1.807) is 6.20 Å². The summed E-state index contributed by atoms with van der Waals surface area (Å²) in [6.07, 6.45) is 11.5. The summed E-state index contributed by atoms with van der Waals surface area (Å²) in [4.78, 5) is 9.02. The Labute approximate surface area is 184 Å². The molecule has 0 spiro atoms. The highest BCUT2D eigenvalue weighted by Gasteiger charge is 2.19. The Hall–Kier alpha value is -3.02. The van der Waals surface area contributed by atoms with E-state index in [1.807, 2.05) is 13.9 Å². The molecule has 1 N–H and O–H groups in total. The second-order valence-corrected chi connectivity index (χ2v) is 9.08. The minimum absolute atomic E-state index is 0.00119. The van der Waals surface area contributed by atoms with Crippen LogP contribution in [0.3, 0.4) is 0 Å². The van der Waals surface area contributed by atoms with Crippen LogP contribution in [0.5, 0.6) is 0 Å². The average molecular weight is 419 g/mol. The first-order valence-electron chi connectivity index (χ1n) is 10.4. The quantitative estimate of drug-likeness (QED) is 0.519. The number of nitrogens with zero attached hydrogens (tertiary/aromatic N) is 2. The molecule has 0 amide bonds. The highest BCUT2D eigenvalue weighted by Crippen LogP contribution is 2.30. The van der Waals surface area contributed by atoms with Crippen molar-refractivity contribution in [1.29, 1.82) is 0 Å². The lowest BCUT2D eigenvalue weighted by Gasteiger charge is -2.23. The van der Waals surface area contributed by atoms with E-state index in [0.717, 1.165) is 29.7 Å². The highest BCUT2D eigenvalue weighted by atomic mass is 19.1. The summed E-state index contributed by atoms with van der Waals surface area (Å²) in [7, 11) is 1.81. The zero-order valence-corrected chi connectivity index (χ0v) is 18.6. The predicted molar refractivity (Wildman–Crippen MR) is 126 cm³/mol. The number of halogens is 2. The lowest BCUT2D eigenvalue weighted by Crippen LogP contribution is -2.18. The largest absolute Gasteiger partial charge is 0.338 e. The van der Waals surface area contributed by atoms with Gasteiger partial charge in [0.05, 0.1) is 5.69 Å². The number of hydrogen-bond acceptors (Lipinski definition) is 3. The van der Waals surface area contributed by atoms with Crippen LogP contribution in [0.15, 0.2) is 72.1 Å². The molecule has 0 atom stereocenters. The van der Waals surface area contributed by atoms with Gasteiger partial charge in [0, 0.05) is 29.5 Å². The molecule has 2 aromatic rings. The third kappa shape index (κ3) is 6.23. The second-order valence-electron chi connectivity index (χ2n) is 9.08. The number of allylic oxidation sites excluding steroid dienone is 6. The Morgan fingerprint density at radius 1 is 1.26 bits per heavy atom. The summed E-state index contributed by atoms with van der Waals surface area (Å²) in [5, 5.41) is 3.36. The van der Waals surface area contributed by atoms with Crippen LogP contribution in [0.1, 0.15) is 44.9 Å². The van der Waals surface area contributed by atoms with Gasteiger partial charge in [0.25, 0.3) is 0 Å². The molecule has 0 saturated heterocycles. The van der Waals surface area contributed by atoms with Crippen LogP contribution in [-0.4, -0.2) is 17.8 Å². The number of benzene rings is 1. The molecule has 0 aliphatic heterocycles. The zero-order chi connectivity index (χ0) is 22.6. The van der Waals surface area contributed by atoms with E-state index in [9.17, 15) is 8.78 Å². The van der Waals surface area contributed by atoms with Crippen molar-refractivity contribution in [3.63, 3.8) is 0 Å². The maximum absolute atomic E-state index is 14.3. The van der Waals surface area contributed by atoms with E-state index >= 15 is 0 Å². The van der Waals surface area contributed by atoms with Crippen LogP contribution >= 0.6 is 0 Å². The summed E-state index contributed by atoms with van der Waals surface area (Å²) in [5.41, 5.74) is 4.12. The third-order valence-electron chi connectivity index (χ3n) is 4.88. The number of hydrogen-bond donors (Lipinski definition) is 1. The van der Waals surface area contributed by atoms with Crippen LogP contribution in [0, 0.1) is 17.0 Å². The molecule has 1 aromatic carbocycles. The van der Waals surface area contributed by atoms with Crippen molar-refractivity contribution in [3.05, 3.63) is 95.0 Å². The molecule has 31 heavy (non-hydrogen) atoms. The Bertz CT molecular complexity index is 1060. The second kappa shape index (κ2) is 9.42. The fraction of sp³-hybridized carbons (Fsp3) is 0.280. The van der Waals surface area contributed by atoms with Crippen LogP contribution in [0.4, 0.5) is 14.6 Å². The molecule has 1 heterocycles. The van der Waals surface area contributed by atoms with Gasteiger partial charge in [-0.15, -0.1) is 0 Å². The maximum atomic E-state index is 14.3. The first-order valence-corrected chi connectivity index (χ1v) is 10.4. The monoisotopic (exact) mass is 419 g/mol. The van der Waals surface area contributed by atoms with E-state index in [1.165, 1.54) is 18.2 Å². The number of aromatic nitrogens is 2. The van der Waals surface area contributed by atoms with Gasteiger partial charge in [0.2, 0.25) is 0 Å². The summed E-state index contributed by atoms with van der Waals surface area (Å²) in [6, 6.07) is 3.87. The summed E-state index contributed by atoms with van der Waals surface area (Å²) < 4.78 is 28.5. The van der Waals surface area contributed by atoms with Crippen molar-refractivity contribution in [1.82, 2.24) is 9.97 Å². The fourth-order valence-corrected chi connectivity index (χ4v) is 3.47. The van der Waals surface area contributed by atoms with Crippen LogP contribution in [0.2, 0.25) is 0 Å². The lowest BCUT2D eigenvalue weighted by atomic mass is 9.87. The molecule has 3 nitrogen and oxygen atoms in total. The van der Waals surface area contributed by atoms with Crippen molar-refractivity contribution in [2.75, 3.05) is 5.32 Å². The van der Waals surface area contributed by atoms with Gasteiger partial charge in [-0.2, -0.15) is 0 Å². The fourth-order valence-electron chi connectivity index (χ4n) is 3.47. The number of rotatable bonds is 7. The molecule has 0 bridgehead atoms. The number of nitrogens with one attached hydrogen (secondary N) is 1. The van der Waals surface area contributed by atoms with E-state index < -0.39 is 11.6 Å². The van der Waals surface area contributed by atoms with Gasteiger partial charge in [-0.05, 0) is 47.6 Å². The summed E-state index contributed by atoms with van der Waals surface area (Å²) in [6.45, 7) is 10.8. The van der Waals surface area contributed by atoms with Gasteiger partial charge < -0.3 is 5.32 Å². The molecule has 0 saturated carbocycles. The topological polar surface area (TPSA) is 37.8 Å². The normalized spacial score (nSPS) is 14.0. The molecule has 6 heteroatoms. The lowest BCUT2D eigenvalue weighted by molar-refractivity contribution is 0.412. The Balaban J connectivity index is 1.97. The Morgan fingerprint density at radius 3 is 2.58 bits per heavy atom. The van der Waals surface area contributed by atoms with E-state index in [0.29, 0.717) is 17.1 Å². The van der Waals surface area contributed by atoms with Crippen LogP contribution in [-0.2, 0) is 6.42 Å². The van der Waals surface area contributed by atoms with Crippen molar-refractivity contribution in [2.24, 2.45) is 5.41 Å². The molecule has 1 aliphatic rings. The molecular weight excluding hydrogens is 391 g/mol. The third-order valence-corrected chi connectivity index (χ3v) is 4.88.